The van der Waals surface area contributed by atoms with Crippen molar-refractivity contribution < 1.29 is 36.6 Å². The van der Waals surface area contributed by atoms with Gasteiger partial charge in [0.2, 0.25) is 18.6 Å². The molecule has 7 nitrogen and oxygen atoms in total. The second kappa shape index (κ2) is 10.4. The zero-order valence-electron chi connectivity index (χ0n) is 18.1. The van der Waals surface area contributed by atoms with E-state index in [0.29, 0.717) is 17.1 Å². The zero-order valence-corrected chi connectivity index (χ0v) is 18.1. The number of carbonyl (C=O) groups is 2. The number of nitrogens with one attached hydrogen (secondary N) is 2. The lowest BCUT2D eigenvalue weighted by molar-refractivity contribution is -0.120. The van der Waals surface area contributed by atoms with Crippen LogP contribution in [-0.2, 0) is 16.1 Å². The Labute approximate surface area is 197 Å². The average molecular weight is 489 g/mol. The molecule has 0 aromatic heterocycles. The SMILES string of the molecule is O=C(CN(CC(=O)Nc1ccc(F)c(F)c1)Cc1ccc2c(c1)OCO2)Nc1ccc(F)c(F)c1. The minimum atomic E-state index is -1.12. The number of fused-ring (bicyclic) bond motifs is 1. The molecule has 0 saturated carbocycles. The van der Waals surface area contributed by atoms with Gasteiger partial charge in [0.1, 0.15) is 0 Å². The van der Waals surface area contributed by atoms with Gasteiger partial charge in [-0.2, -0.15) is 0 Å². The first-order valence-corrected chi connectivity index (χ1v) is 10.4. The lowest BCUT2D eigenvalue weighted by Crippen LogP contribution is -2.38. The molecule has 182 valence electrons. The fraction of sp³-hybridized carbons (Fsp3) is 0.167. The maximum atomic E-state index is 13.5. The third-order valence-corrected chi connectivity index (χ3v) is 4.98. The Morgan fingerprint density at radius 1 is 0.714 bits per heavy atom. The predicted molar refractivity (Wildman–Crippen MR) is 118 cm³/mol. The second-order valence-electron chi connectivity index (χ2n) is 7.69. The normalized spacial score (nSPS) is 12.0. The Kier molecular flexibility index (Phi) is 7.16. The van der Waals surface area contributed by atoms with Gasteiger partial charge in [-0.1, -0.05) is 6.07 Å². The van der Waals surface area contributed by atoms with Crippen LogP contribution in [0.5, 0.6) is 11.5 Å². The third kappa shape index (κ3) is 6.27. The summed E-state index contributed by atoms with van der Waals surface area (Å²) in [6, 6.07) is 11.0. The van der Waals surface area contributed by atoms with Gasteiger partial charge in [0.05, 0.1) is 13.1 Å². The molecule has 0 spiro atoms. The highest BCUT2D eigenvalue weighted by atomic mass is 19.2. The summed E-state index contributed by atoms with van der Waals surface area (Å²) in [6.45, 7) is -0.375. The zero-order chi connectivity index (χ0) is 24.9. The van der Waals surface area contributed by atoms with Crippen LogP contribution >= 0.6 is 0 Å². The van der Waals surface area contributed by atoms with Gasteiger partial charge in [0.25, 0.3) is 0 Å². The number of benzene rings is 3. The van der Waals surface area contributed by atoms with Crippen molar-refractivity contribution in [3.8, 4) is 11.5 Å². The first-order chi connectivity index (χ1) is 16.8. The molecule has 0 atom stereocenters. The molecule has 0 unspecified atom stereocenters. The summed E-state index contributed by atoms with van der Waals surface area (Å²) in [5.41, 5.74) is 0.793. The molecule has 0 aliphatic carbocycles. The molecule has 11 heteroatoms. The van der Waals surface area contributed by atoms with Crippen LogP contribution < -0.4 is 20.1 Å². The van der Waals surface area contributed by atoms with Gasteiger partial charge in [-0.25, -0.2) is 17.6 Å². The summed E-state index contributed by atoms with van der Waals surface area (Å²) in [7, 11) is 0. The molecular formula is C24H19F4N3O4. The standard InChI is InChI=1S/C24H19F4N3O4/c25-17-4-2-15(8-19(17)27)29-23(32)11-31(10-14-1-6-21-22(7-14)35-13-34-21)12-24(33)30-16-3-5-18(26)20(28)9-16/h1-9H,10-13H2,(H,29,32)(H,30,33). The molecule has 0 fully saturated rings. The number of rotatable bonds is 8. The first kappa shape index (κ1) is 24.0. The highest BCUT2D eigenvalue weighted by Gasteiger charge is 2.19. The van der Waals surface area contributed by atoms with Crippen molar-refractivity contribution in [1.82, 2.24) is 4.90 Å². The van der Waals surface area contributed by atoms with Gasteiger partial charge in [0.15, 0.2) is 34.8 Å². The Hall–Kier alpha value is -4.12. The summed E-state index contributed by atoms with van der Waals surface area (Å²) in [5, 5.41) is 4.90. The van der Waals surface area contributed by atoms with Gasteiger partial charge in [-0.05, 0) is 42.0 Å². The number of hydrogen-bond donors (Lipinski definition) is 2. The largest absolute Gasteiger partial charge is 0.454 e. The van der Waals surface area contributed by atoms with E-state index in [0.717, 1.165) is 24.3 Å². The van der Waals surface area contributed by atoms with E-state index in [1.807, 2.05) is 0 Å². The maximum Gasteiger partial charge on any atom is 0.238 e. The third-order valence-electron chi connectivity index (χ3n) is 4.98. The number of amides is 2. The van der Waals surface area contributed by atoms with Gasteiger partial charge in [-0.15, -0.1) is 0 Å². The lowest BCUT2D eigenvalue weighted by Gasteiger charge is -2.22. The van der Waals surface area contributed by atoms with Crippen LogP contribution in [0.1, 0.15) is 5.56 Å². The molecule has 1 heterocycles. The molecule has 3 aromatic carbocycles. The summed E-state index contributed by atoms with van der Waals surface area (Å²) in [5.74, 6) is -4.44. The van der Waals surface area contributed by atoms with Crippen LogP contribution in [0.2, 0.25) is 0 Å². The van der Waals surface area contributed by atoms with E-state index in [1.54, 1.807) is 18.2 Å². The van der Waals surface area contributed by atoms with Crippen LogP contribution in [0.4, 0.5) is 28.9 Å². The summed E-state index contributed by atoms with van der Waals surface area (Å²) < 4.78 is 63.8. The highest BCUT2D eigenvalue weighted by molar-refractivity contribution is 5.94. The van der Waals surface area contributed by atoms with Crippen molar-refractivity contribution in [3.63, 3.8) is 0 Å². The van der Waals surface area contributed by atoms with Crippen molar-refractivity contribution in [3.05, 3.63) is 83.4 Å². The van der Waals surface area contributed by atoms with Crippen LogP contribution in [0, 0.1) is 23.3 Å². The molecule has 4 rings (SSSR count). The molecule has 2 amide bonds. The molecule has 2 N–H and O–H groups in total. The fourth-order valence-corrected chi connectivity index (χ4v) is 3.42. The number of halogens is 4. The topological polar surface area (TPSA) is 79.9 Å². The Morgan fingerprint density at radius 3 is 1.80 bits per heavy atom. The summed E-state index contributed by atoms with van der Waals surface area (Å²) >= 11 is 0. The fourth-order valence-electron chi connectivity index (χ4n) is 3.42. The van der Waals surface area contributed by atoms with Gasteiger partial charge < -0.3 is 20.1 Å². The van der Waals surface area contributed by atoms with E-state index in [4.69, 9.17) is 9.47 Å². The number of carbonyl (C=O) groups excluding carboxylic acids is 2. The predicted octanol–water partition coefficient (Wildman–Crippen LogP) is 4.05. The number of ether oxygens (including phenoxy) is 2. The maximum absolute atomic E-state index is 13.5. The van der Waals surface area contributed by atoms with Crippen molar-refractivity contribution in [2.45, 2.75) is 6.54 Å². The van der Waals surface area contributed by atoms with Crippen molar-refractivity contribution >= 4 is 23.2 Å². The summed E-state index contributed by atoms with van der Waals surface area (Å²) in [6.07, 6.45) is 0. The average Bonchev–Trinajstić information content (AvgIpc) is 3.26. The van der Waals surface area contributed by atoms with Crippen molar-refractivity contribution in [1.29, 1.82) is 0 Å². The van der Waals surface area contributed by atoms with Crippen LogP contribution in [0.25, 0.3) is 0 Å². The first-order valence-electron chi connectivity index (χ1n) is 10.4. The highest BCUT2D eigenvalue weighted by Crippen LogP contribution is 2.32. The van der Waals surface area contributed by atoms with E-state index in [-0.39, 0.29) is 37.8 Å². The van der Waals surface area contributed by atoms with Gasteiger partial charge in [-0.3, -0.25) is 14.5 Å². The number of hydrogen-bond acceptors (Lipinski definition) is 5. The number of nitrogens with zero attached hydrogens (tertiary/aromatic N) is 1. The Balaban J connectivity index is 1.46. The molecule has 0 bridgehead atoms. The van der Waals surface area contributed by atoms with E-state index in [2.05, 4.69) is 10.6 Å². The van der Waals surface area contributed by atoms with E-state index in [1.165, 1.54) is 17.0 Å². The molecule has 0 saturated heterocycles. The monoisotopic (exact) mass is 489 g/mol. The molecule has 0 radical (unpaired) electrons. The van der Waals surface area contributed by atoms with Crippen molar-refractivity contribution in [2.75, 3.05) is 30.5 Å². The minimum absolute atomic E-state index is 0.0446. The molecular weight excluding hydrogens is 470 g/mol. The molecule has 1 aliphatic rings. The van der Waals surface area contributed by atoms with E-state index >= 15 is 0 Å². The molecule has 1 aliphatic heterocycles. The van der Waals surface area contributed by atoms with E-state index < -0.39 is 35.1 Å². The second-order valence-corrected chi connectivity index (χ2v) is 7.69. The van der Waals surface area contributed by atoms with E-state index in [9.17, 15) is 27.2 Å². The van der Waals surface area contributed by atoms with Gasteiger partial charge in [0, 0.05) is 30.1 Å². The van der Waals surface area contributed by atoms with Crippen LogP contribution in [0.15, 0.2) is 54.6 Å². The summed E-state index contributed by atoms with van der Waals surface area (Å²) in [4.78, 5) is 26.6. The smallest absolute Gasteiger partial charge is 0.238 e. The lowest BCUT2D eigenvalue weighted by atomic mass is 10.2. The molecule has 3 aromatic rings. The van der Waals surface area contributed by atoms with Crippen molar-refractivity contribution in [2.24, 2.45) is 0 Å². The van der Waals surface area contributed by atoms with Gasteiger partial charge >= 0.3 is 0 Å². The van der Waals surface area contributed by atoms with Crippen LogP contribution in [-0.4, -0.2) is 36.6 Å². The number of anilines is 2. The Bertz CT molecular complexity index is 1200. The minimum Gasteiger partial charge on any atom is -0.454 e. The quantitative estimate of drug-likeness (QED) is 0.467. The molecule has 35 heavy (non-hydrogen) atoms. The van der Waals surface area contributed by atoms with Crippen LogP contribution in [0.3, 0.4) is 0 Å². The Morgan fingerprint density at radius 2 is 1.26 bits per heavy atom.